The summed E-state index contributed by atoms with van der Waals surface area (Å²) in [6.07, 6.45) is 1.64. The first-order valence-electron chi connectivity index (χ1n) is 8.35. The van der Waals surface area contributed by atoms with E-state index in [-0.39, 0.29) is 17.4 Å². The molecule has 2 aromatic rings. The fraction of sp³-hybridized carbons (Fsp3) is 0.200. The van der Waals surface area contributed by atoms with Crippen molar-refractivity contribution in [2.45, 2.75) is 20.5 Å². The Balaban J connectivity index is 1.83. The highest BCUT2D eigenvalue weighted by Gasteiger charge is 2.24. The molecule has 1 aliphatic heterocycles. The molecule has 1 N–H and O–H groups in total. The van der Waals surface area contributed by atoms with Gasteiger partial charge < -0.3 is 14.8 Å². The van der Waals surface area contributed by atoms with E-state index in [4.69, 9.17) is 4.74 Å². The molecule has 1 aliphatic rings. The Morgan fingerprint density at radius 3 is 2.61 bits per heavy atom. The molecule has 0 spiro atoms. The number of carbonyl (C=O) groups is 1. The highest BCUT2D eigenvalue weighted by molar-refractivity contribution is 8.18. The molecule has 5 nitrogen and oxygen atoms in total. The number of halogens is 2. The molecule has 1 heterocycles. The minimum absolute atomic E-state index is 0.0692. The zero-order valence-electron chi connectivity index (χ0n) is 15.5. The second kappa shape index (κ2) is 8.43. The number of nitrogens with one attached hydrogen (secondary N) is 1. The minimum Gasteiger partial charge on any atom is -0.493 e. The first kappa shape index (κ1) is 19.9. The quantitative estimate of drug-likeness (QED) is 0.727. The fourth-order valence-corrected chi connectivity index (χ4v) is 3.47. The van der Waals surface area contributed by atoms with E-state index in [1.54, 1.807) is 12.1 Å². The summed E-state index contributed by atoms with van der Waals surface area (Å²) in [7, 11) is 1.36. The molecular weight excluding hydrogens is 386 g/mol. The summed E-state index contributed by atoms with van der Waals surface area (Å²) < 4.78 is 34.3. The maximum atomic E-state index is 12.4. The van der Waals surface area contributed by atoms with Gasteiger partial charge in [0.15, 0.2) is 16.7 Å². The Morgan fingerprint density at radius 1 is 1.14 bits per heavy atom. The Bertz CT molecular complexity index is 974. The largest absolute Gasteiger partial charge is 0.493 e. The Labute approximate surface area is 165 Å². The molecule has 0 saturated carbocycles. The van der Waals surface area contributed by atoms with E-state index >= 15 is 0 Å². The van der Waals surface area contributed by atoms with Gasteiger partial charge >= 0.3 is 6.61 Å². The minimum atomic E-state index is -2.95. The van der Waals surface area contributed by atoms with Crippen LogP contribution in [0.3, 0.4) is 0 Å². The highest BCUT2D eigenvalue weighted by atomic mass is 32.2. The van der Waals surface area contributed by atoms with E-state index in [9.17, 15) is 13.6 Å². The lowest BCUT2D eigenvalue weighted by molar-refractivity contribution is -0.115. The highest BCUT2D eigenvalue weighted by Crippen LogP contribution is 2.33. The zero-order valence-corrected chi connectivity index (χ0v) is 16.3. The first-order chi connectivity index (χ1) is 13.4. The molecule has 0 aliphatic carbocycles. The molecule has 3 rings (SSSR count). The van der Waals surface area contributed by atoms with Crippen molar-refractivity contribution in [1.82, 2.24) is 5.32 Å². The summed E-state index contributed by atoms with van der Waals surface area (Å²) in [5, 5.41) is 3.21. The summed E-state index contributed by atoms with van der Waals surface area (Å²) in [4.78, 5) is 17.2. The van der Waals surface area contributed by atoms with E-state index in [1.807, 2.05) is 32.0 Å². The molecule has 8 heteroatoms. The lowest BCUT2D eigenvalue weighted by Gasteiger charge is -2.10. The van der Waals surface area contributed by atoms with Gasteiger partial charge in [-0.1, -0.05) is 23.8 Å². The van der Waals surface area contributed by atoms with E-state index in [0.29, 0.717) is 15.6 Å². The van der Waals surface area contributed by atoms with Crippen molar-refractivity contribution in [2.75, 3.05) is 7.11 Å². The number of rotatable bonds is 5. The van der Waals surface area contributed by atoms with Crippen LogP contribution in [0, 0.1) is 13.8 Å². The second-order valence-corrected chi connectivity index (χ2v) is 7.09. The van der Waals surface area contributed by atoms with Gasteiger partial charge in [0.1, 0.15) is 0 Å². The van der Waals surface area contributed by atoms with Crippen molar-refractivity contribution in [3.8, 4) is 11.5 Å². The van der Waals surface area contributed by atoms with Gasteiger partial charge in [-0.05, 0) is 61.0 Å². The van der Waals surface area contributed by atoms with Gasteiger partial charge in [0, 0.05) is 0 Å². The number of thioether (sulfide) groups is 1. The summed E-state index contributed by atoms with van der Waals surface area (Å²) >= 11 is 1.21. The lowest BCUT2D eigenvalue weighted by Crippen LogP contribution is -2.19. The number of carbonyl (C=O) groups excluding carboxylic acids is 1. The number of aliphatic imine (C=N–C) groups is 1. The van der Waals surface area contributed by atoms with Crippen LogP contribution in [0.5, 0.6) is 11.5 Å². The summed E-state index contributed by atoms with van der Waals surface area (Å²) in [6, 6.07) is 10.4. The monoisotopic (exact) mass is 404 g/mol. The normalized spacial score (nSPS) is 16.7. The Hall–Kier alpha value is -2.87. The number of nitrogens with zero attached hydrogens (tertiary/aromatic N) is 1. The lowest BCUT2D eigenvalue weighted by atomic mass is 10.1. The predicted molar refractivity (Wildman–Crippen MR) is 106 cm³/mol. The number of hydrogen-bond donors (Lipinski definition) is 1. The Kier molecular flexibility index (Phi) is 5.99. The van der Waals surface area contributed by atoms with Crippen LogP contribution in [0.1, 0.15) is 16.7 Å². The van der Waals surface area contributed by atoms with Crippen LogP contribution in [0.15, 0.2) is 46.3 Å². The molecule has 1 fully saturated rings. The third kappa shape index (κ3) is 4.69. The van der Waals surface area contributed by atoms with Crippen molar-refractivity contribution in [3.63, 3.8) is 0 Å². The molecule has 0 unspecified atom stereocenters. The average Bonchev–Trinajstić information content (AvgIpc) is 2.97. The second-order valence-electron chi connectivity index (χ2n) is 6.06. The van der Waals surface area contributed by atoms with Crippen LogP contribution < -0.4 is 14.8 Å². The topological polar surface area (TPSA) is 59.9 Å². The predicted octanol–water partition coefficient (Wildman–Crippen LogP) is 4.81. The molecule has 1 saturated heterocycles. The maximum Gasteiger partial charge on any atom is 0.387 e. The number of amidine groups is 1. The molecular formula is C20H18F2N2O3S. The van der Waals surface area contributed by atoms with E-state index in [1.165, 1.54) is 31.0 Å². The first-order valence-corrected chi connectivity index (χ1v) is 9.17. The van der Waals surface area contributed by atoms with Crippen molar-refractivity contribution >= 4 is 34.6 Å². The van der Waals surface area contributed by atoms with Gasteiger partial charge in [0.05, 0.1) is 17.7 Å². The van der Waals surface area contributed by atoms with Gasteiger partial charge in [-0.15, -0.1) is 0 Å². The van der Waals surface area contributed by atoms with Gasteiger partial charge in [0.25, 0.3) is 5.91 Å². The van der Waals surface area contributed by atoms with Crippen LogP contribution in [0.2, 0.25) is 0 Å². The van der Waals surface area contributed by atoms with Crippen molar-refractivity contribution < 1.29 is 23.0 Å². The molecule has 1 amide bonds. The van der Waals surface area contributed by atoms with Crippen LogP contribution in [0.25, 0.3) is 6.08 Å². The van der Waals surface area contributed by atoms with Crippen molar-refractivity contribution in [1.29, 1.82) is 0 Å². The summed E-state index contributed by atoms with van der Waals surface area (Å²) in [5.74, 6) is -0.192. The van der Waals surface area contributed by atoms with Crippen molar-refractivity contribution in [3.05, 3.63) is 58.0 Å². The molecule has 146 valence electrons. The van der Waals surface area contributed by atoms with Crippen LogP contribution in [0.4, 0.5) is 14.5 Å². The van der Waals surface area contributed by atoms with Crippen LogP contribution in [-0.2, 0) is 4.79 Å². The van der Waals surface area contributed by atoms with E-state index in [2.05, 4.69) is 15.0 Å². The number of ether oxygens (including phenoxy) is 2. The summed E-state index contributed by atoms with van der Waals surface area (Å²) in [5.41, 5.74) is 3.55. The fourth-order valence-electron chi connectivity index (χ4n) is 2.64. The smallest absolute Gasteiger partial charge is 0.387 e. The standard InChI is InChI=1S/C20H18F2N2O3S/c1-11-4-6-14(12(2)8-11)23-20-24-18(25)17(28-20)10-13-5-7-15(27-19(21)22)16(9-13)26-3/h4-10,19H,1-3H3,(H,23,24,25)/b17-10-. The molecule has 0 radical (unpaired) electrons. The van der Waals surface area contributed by atoms with E-state index in [0.717, 1.165) is 16.8 Å². The maximum absolute atomic E-state index is 12.4. The number of benzene rings is 2. The molecule has 0 atom stereocenters. The number of hydrogen-bond acceptors (Lipinski definition) is 5. The van der Waals surface area contributed by atoms with Gasteiger partial charge in [-0.3, -0.25) is 4.79 Å². The number of methoxy groups -OCH3 is 1. The third-order valence-corrected chi connectivity index (χ3v) is 4.84. The van der Waals surface area contributed by atoms with E-state index < -0.39 is 6.61 Å². The molecule has 0 aromatic heterocycles. The Morgan fingerprint density at radius 2 is 1.93 bits per heavy atom. The SMILES string of the molecule is COc1cc(/C=C2\SC(=Nc3ccc(C)cc3C)NC2=O)ccc1OC(F)F. The van der Waals surface area contributed by atoms with Crippen LogP contribution in [-0.4, -0.2) is 24.8 Å². The van der Waals surface area contributed by atoms with Gasteiger partial charge in [-0.2, -0.15) is 8.78 Å². The molecule has 2 aromatic carbocycles. The number of amides is 1. The van der Waals surface area contributed by atoms with Crippen LogP contribution >= 0.6 is 11.8 Å². The molecule has 28 heavy (non-hydrogen) atoms. The third-order valence-electron chi connectivity index (χ3n) is 3.93. The molecule has 0 bridgehead atoms. The van der Waals surface area contributed by atoms with Gasteiger partial charge in [0.2, 0.25) is 0 Å². The van der Waals surface area contributed by atoms with Crippen molar-refractivity contribution in [2.24, 2.45) is 4.99 Å². The number of alkyl halides is 2. The zero-order chi connectivity index (χ0) is 20.3. The van der Waals surface area contributed by atoms with Gasteiger partial charge in [-0.25, -0.2) is 4.99 Å². The number of aryl methyl sites for hydroxylation is 2. The average molecular weight is 404 g/mol. The summed E-state index contributed by atoms with van der Waals surface area (Å²) in [6.45, 7) is 1.01.